The maximum absolute atomic E-state index is 5.25. The minimum Gasteiger partial charge on any atom is -0.383 e. The monoisotopic (exact) mass is 310 g/mol. The minimum absolute atomic E-state index is 0.0407. The lowest BCUT2D eigenvalue weighted by Gasteiger charge is -2.45. The summed E-state index contributed by atoms with van der Waals surface area (Å²) in [5.74, 6) is 1.35. The molecule has 3 unspecified atom stereocenters. The maximum Gasteiger partial charge on any atom is 0.114 e. The van der Waals surface area contributed by atoms with Crippen molar-refractivity contribution in [1.29, 1.82) is 0 Å². The second-order valence-corrected chi connectivity index (χ2v) is 7.63. The molecule has 1 aromatic rings. The molecule has 0 radical (unpaired) electrons. The molecule has 0 aliphatic heterocycles. The lowest BCUT2D eigenvalue weighted by atomic mass is 9.68. The van der Waals surface area contributed by atoms with E-state index in [1.807, 2.05) is 11.3 Å². The highest BCUT2D eigenvalue weighted by Gasteiger charge is 2.44. The molecule has 1 aromatic heterocycles. The normalized spacial score (nSPS) is 29.8. The number of hydrogen-bond acceptors (Lipinski definition) is 4. The summed E-state index contributed by atoms with van der Waals surface area (Å²) in [7, 11) is 1.77. The first-order valence-corrected chi connectivity index (χ1v) is 9.07. The van der Waals surface area contributed by atoms with Crippen molar-refractivity contribution >= 4 is 11.3 Å². The van der Waals surface area contributed by atoms with Crippen LogP contribution >= 0.6 is 11.3 Å². The molecule has 1 aliphatic rings. The van der Waals surface area contributed by atoms with E-state index < -0.39 is 0 Å². The zero-order valence-electron chi connectivity index (χ0n) is 14.2. The number of nitrogens with zero attached hydrogens (tertiary/aromatic N) is 1. The van der Waals surface area contributed by atoms with Gasteiger partial charge in [-0.25, -0.2) is 4.98 Å². The first-order chi connectivity index (χ1) is 10.0. The molecule has 0 amide bonds. The summed E-state index contributed by atoms with van der Waals surface area (Å²) in [6.45, 7) is 10.8. The van der Waals surface area contributed by atoms with Gasteiger partial charge in [-0.3, -0.25) is 0 Å². The van der Waals surface area contributed by atoms with E-state index in [9.17, 15) is 0 Å². The van der Waals surface area contributed by atoms with Crippen LogP contribution in [0.25, 0.3) is 0 Å². The van der Waals surface area contributed by atoms with Gasteiger partial charge in [0.15, 0.2) is 0 Å². The summed E-state index contributed by atoms with van der Waals surface area (Å²) >= 11 is 1.89. The van der Waals surface area contributed by atoms with Gasteiger partial charge in [-0.1, -0.05) is 33.6 Å². The van der Waals surface area contributed by atoms with E-state index in [-0.39, 0.29) is 5.54 Å². The molecule has 2 rings (SSSR count). The lowest BCUT2D eigenvalue weighted by molar-refractivity contribution is 0.0906. The molecule has 1 aliphatic carbocycles. The van der Waals surface area contributed by atoms with E-state index in [1.165, 1.54) is 34.8 Å². The molecule has 0 saturated heterocycles. The molecule has 120 valence electrons. The van der Waals surface area contributed by atoms with Crippen molar-refractivity contribution in [3.05, 3.63) is 15.6 Å². The molecule has 1 saturated carbocycles. The molecular weight excluding hydrogens is 280 g/mol. The van der Waals surface area contributed by atoms with Crippen LogP contribution in [0.5, 0.6) is 0 Å². The number of ether oxygens (including phenoxy) is 1. The Hall–Kier alpha value is -0.450. The van der Waals surface area contributed by atoms with Gasteiger partial charge in [0.1, 0.15) is 5.01 Å². The van der Waals surface area contributed by atoms with Crippen molar-refractivity contribution in [2.45, 2.75) is 58.9 Å². The Morgan fingerprint density at radius 1 is 1.43 bits per heavy atom. The summed E-state index contributed by atoms with van der Waals surface area (Å²) < 4.78 is 5.25. The summed E-state index contributed by atoms with van der Waals surface area (Å²) in [5, 5.41) is 5.12. The summed E-state index contributed by atoms with van der Waals surface area (Å²) in [6, 6.07) is 0. The molecule has 1 fully saturated rings. The Morgan fingerprint density at radius 3 is 2.81 bits per heavy atom. The summed E-state index contributed by atoms with van der Waals surface area (Å²) in [4.78, 5) is 6.38. The van der Waals surface area contributed by atoms with Crippen molar-refractivity contribution in [3.63, 3.8) is 0 Å². The predicted molar refractivity (Wildman–Crippen MR) is 90.0 cm³/mol. The average molecular weight is 311 g/mol. The number of methoxy groups -OCH3 is 1. The fraction of sp³-hybridized carbons (Fsp3) is 0.824. The maximum atomic E-state index is 5.25. The van der Waals surface area contributed by atoms with Crippen molar-refractivity contribution in [2.24, 2.45) is 11.8 Å². The average Bonchev–Trinajstić information content (AvgIpc) is 2.85. The van der Waals surface area contributed by atoms with Crippen molar-refractivity contribution < 1.29 is 4.74 Å². The highest BCUT2D eigenvalue weighted by Crippen LogP contribution is 2.46. The molecular formula is C17H30N2OS. The molecule has 3 nitrogen and oxygen atoms in total. The van der Waals surface area contributed by atoms with E-state index in [0.29, 0.717) is 5.92 Å². The topological polar surface area (TPSA) is 34.2 Å². The van der Waals surface area contributed by atoms with E-state index in [0.717, 1.165) is 25.5 Å². The van der Waals surface area contributed by atoms with Gasteiger partial charge < -0.3 is 10.1 Å². The Labute approximate surface area is 133 Å². The number of aryl methyl sites for hydroxylation is 2. The highest BCUT2D eigenvalue weighted by molar-refractivity contribution is 7.11. The van der Waals surface area contributed by atoms with Crippen molar-refractivity contribution in [3.8, 4) is 0 Å². The van der Waals surface area contributed by atoms with Crippen LogP contribution in [0.3, 0.4) is 0 Å². The number of nitrogens with one attached hydrogen (secondary N) is 1. The van der Waals surface area contributed by atoms with Gasteiger partial charge in [-0.05, 0) is 31.6 Å². The third kappa shape index (κ3) is 3.33. The van der Waals surface area contributed by atoms with E-state index in [4.69, 9.17) is 9.72 Å². The second-order valence-electron chi connectivity index (χ2n) is 6.42. The van der Waals surface area contributed by atoms with Crippen LogP contribution in [0.4, 0.5) is 0 Å². The molecule has 3 atom stereocenters. The largest absolute Gasteiger partial charge is 0.383 e. The quantitative estimate of drug-likeness (QED) is 0.809. The van der Waals surface area contributed by atoms with Gasteiger partial charge in [0, 0.05) is 18.5 Å². The second kappa shape index (κ2) is 7.21. The number of aromatic nitrogens is 1. The van der Waals surface area contributed by atoms with Crippen LogP contribution in [0, 0.1) is 18.8 Å². The molecule has 0 bridgehead atoms. The molecule has 0 spiro atoms. The Kier molecular flexibility index (Phi) is 5.81. The fourth-order valence-corrected chi connectivity index (χ4v) is 4.91. The summed E-state index contributed by atoms with van der Waals surface area (Å²) in [6.07, 6.45) is 4.84. The van der Waals surface area contributed by atoms with Gasteiger partial charge in [0.2, 0.25) is 0 Å². The van der Waals surface area contributed by atoms with Crippen LogP contribution in [0.1, 0.15) is 55.6 Å². The smallest absolute Gasteiger partial charge is 0.114 e. The lowest BCUT2D eigenvalue weighted by Crippen LogP contribution is -2.52. The number of thiazole rings is 1. The zero-order valence-corrected chi connectivity index (χ0v) is 15.0. The Bertz CT molecular complexity index is 460. The van der Waals surface area contributed by atoms with Crippen LogP contribution in [-0.4, -0.2) is 25.2 Å². The molecule has 4 heteroatoms. The minimum atomic E-state index is 0.0407. The predicted octanol–water partition coefficient (Wildman–Crippen LogP) is 3.90. The first kappa shape index (κ1) is 16.9. The highest BCUT2D eigenvalue weighted by atomic mass is 32.1. The Balaban J connectivity index is 2.34. The zero-order chi connectivity index (χ0) is 15.5. The van der Waals surface area contributed by atoms with Crippen LogP contribution in [-0.2, 0) is 16.7 Å². The number of hydrogen-bond donors (Lipinski definition) is 1. The van der Waals surface area contributed by atoms with E-state index >= 15 is 0 Å². The van der Waals surface area contributed by atoms with Gasteiger partial charge in [-0.2, -0.15) is 0 Å². The van der Waals surface area contributed by atoms with Gasteiger partial charge in [0.05, 0.1) is 17.8 Å². The van der Waals surface area contributed by atoms with Crippen LogP contribution in [0.2, 0.25) is 0 Å². The molecule has 1 heterocycles. The van der Waals surface area contributed by atoms with Crippen LogP contribution < -0.4 is 5.32 Å². The van der Waals surface area contributed by atoms with E-state index in [1.54, 1.807) is 7.11 Å². The fourth-order valence-electron chi connectivity index (χ4n) is 3.62. The Morgan fingerprint density at radius 2 is 2.19 bits per heavy atom. The number of rotatable bonds is 6. The standard InChI is InChI=1S/C17H30N2OS/c1-6-15-14(4)21-16(19-15)17(18-10-11-20-5)9-7-8-12(2)13(17)3/h12-13,18H,6-11H2,1-5H3. The summed E-state index contributed by atoms with van der Waals surface area (Å²) in [5.41, 5.74) is 1.31. The molecule has 21 heavy (non-hydrogen) atoms. The molecule has 1 N–H and O–H groups in total. The van der Waals surface area contributed by atoms with Gasteiger partial charge in [0.25, 0.3) is 0 Å². The van der Waals surface area contributed by atoms with Crippen molar-refractivity contribution in [1.82, 2.24) is 10.3 Å². The van der Waals surface area contributed by atoms with E-state index in [2.05, 4.69) is 33.0 Å². The van der Waals surface area contributed by atoms with Gasteiger partial charge in [-0.15, -0.1) is 11.3 Å². The first-order valence-electron chi connectivity index (χ1n) is 8.26. The SMILES string of the molecule is CCc1nc(C2(NCCOC)CCCC(C)C2C)sc1C. The van der Waals surface area contributed by atoms with Gasteiger partial charge >= 0.3 is 0 Å². The van der Waals surface area contributed by atoms with Crippen LogP contribution in [0.15, 0.2) is 0 Å². The molecule has 0 aromatic carbocycles. The third-order valence-electron chi connectivity index (χ3n) is 5.22. The van der Waals surface area contributed by atoms with Crippen molar-refractivity contribution in [2.75, 3.05) is 20.3 Å². The third-order valence-corrected chi connectivity index (χ3v) is 6.41.